The Morgan fingerprint density at radius 1 is 1.00 bits per heavy atom. The van der Waals surface area contributed by atoms with Crippen LogP contribution in [0.25, 0.3) is 0 Å². The summed E-state index contributed by atoms with van der Waals surface area (Å²) in [5, 5.41) is 0. The standard InChI is InChI=1S/C19H30N2O6S/c1-25-16-7-5-15(18(26-2)19(16)27-3)6-8-17(22)21-11-9-20(10-12-21)13-14-28(4,23)24/h5,7H,6,8-14H2,1-4H3. The lowest BCUT2D eigenvalue weighted by Crippen LogP contribution is -2.49. The van der Waals surface area contributed by atoms with Crippen molar-refractivity contribution in [3.63, 3.8) is 0 Å². The van der Waals surface area contributed by atoms with Gasteiger partial charge in [-0.3, -0.25) is 9.69 Å². The first-order valence-electron chi connectivity index (χ1n) is 9.24. The van der Waals surface area contributed by atoms with Crippen LogP contribution in [0.1, 0.15) is 12.0 Å². The van der Waals surface area contributed by atoms with Gasteiger partial charge in [-0.25, -0.2) is 8.42 Å². The third-order valence-electron chi connectivity index (χ3n) is 4.90. The summed E-state index contributed by atoms with van der Waals surface area (Å²) >= 11 is 0. The molecule has 1 aromatic carbocycles. The zero-order valence-corrected chi connectivity index (χ0v) is 17.9. The van der Waals surface area contributed by atoms with Crippen molar-refractivity contribution in [2.45, 2.75) is 12.8 Å². The average Bonchev–Trinajstić information content (AvgIpc) is 2.69. The second kappa shape index (κ2) is 9.97. The van der Waals surface area contributed by atoms with Crippen molar-refractivity contribution in [1.29, 1.82) is 0 Å². The minimum absolute atomic E-state index is 0.0830. The van der Waals surface area contributed by atoms with E-state index in [-0.39, 0.29) is 11.7 Å². The predicted octanol–water partition coefficient (Wildman–Crippen LogP) is 0.834. The van der Waals surface area contributed by atoms with Crippen LogP contribution >= 0.6 is 0 Å². The van der Waals surface area contributed by atoms with Crippen molar-refractivity contribution >= 4 is 15.7 Å². The summed E-state index contributed by atoms with van der Waals surface area (Å²) in [6, 6.07) is 3.69. The van der Waals surface area contributed by atoms with Crippen molar-refractivity contribution in [2.75, 3.05) is 66.1 Å². The minimum atomic E-state index is -2.96. The Morgan fingerprint density at radius 3 is 2.18 bits per heavy atom. The normalized spacial score (nSPS) is 15.4. The lowest BCUT2D eigenvalue weighted by atomic mass is 10.1. The number of methoxy groups -OCH3 is 3. The van der Waals surface area contributed by atoms with Gasteiger partial charge in [0.1, 0.15) is 9.84 Å². The van der Waals surface area contributed by atoms with Crippen molar-refractivity contribution in [3.8, 4) is 17.2 Å². The van der Waals surface area contributed by atoms with E-state index < -0.39 is 9.84 Å². The molecule has 0 saturated carbocycles. The van der Waals surface area contributed by atoms with E-state index in [2.05, 4.69) is 4.90 Å². The number of benzene rings is 1. The molecule has 1 aromatic rings. The van der Waals surface area contributed by atoms with Gasteiger partial charge >= 0.3 is 0 Å². The van der Waals surface area contributed by atoms with Crippen LogP contribution in [0.3, 0.4) is 0 Å². The molecule has 0 aliphatic carbocycles. The van der Waals surface area contributed by atoms with E-state index in [1.54, 1.807) is 21.3 Å². The molecule has 28 heavy (non-hydrogen) atoms. The lowest BCUT2D eigenvalue weighted by Gasteiger charge is -2.34. The van der Waals surface area contributed by atoms with E-state index in [1.807, 2.05) is 17.0 Å². The predicted molar refractivity (Wildman–Crippen MR) is 107 cm³/mol. The summed E-state index contributed by atoms with van der Waals surface area (Å²) in [6.07, 6.45) is 2.15. The van der Waals surface area contributed by atoms with Crippen LogP contribution in [0, 0.1) is 0 Å². The van der Waals surface area contributed by atoms with E-state index in [0.717, 1.165) is 5.56 Å². The molecule has 8 nitrogen and oxygen atoms in total. The van der Waals surface area contributed by atoms with Gasteiger partial charge in [0.05, 0.1) is 27.1 Å². The summed E-state index contributed by atoms with van der Waals surface area (Å²) < 4.78 is 38.7. The number of hydrogen-bond donors (Lipinski definition) is 0. The second-order valence-corrected chi connectivity index (χ2v) is 9.11. The van der Waals surface area contributed by atoms with Gasteiger partial charge in [0, 0.05) is 45.4 Å². The molecule has 0 radical (unpaired) electrons. The number of nitrogens with zero attached hydrogens (tertiary/aromatic N) is 2. The topological polar surface area (TPSA) is 85.4 Å². The maximum Gasteiger partial charge on any atom is 0.222 e. The Hall–Kier alpha value is -2.00. The fourth-order valence-corrected chi connectivity index (χ4v) is 3.87. The molecule has 0 atom stereocenters. The van der Waals surface area contributed by atoms with Crippen molar-refractivity contribution in [3.05, 3.63) is 17.7 Å². The van der Waals surface area contributed by atoms with Crippen LogP contribution in [0.2, 0.25) is 0 Å². The largest absolute Gasteiger partial charge is 0.493 e. The van der Waals surface area contributed by atoms with Gasteiger partial charge in [-0.2, -0.15) is 0 Å². The second-order valence-electron chi connectivity index (χ2n) is 6.85. The Balaban J connectivity index is 1.90. The third kappa shape index (κ3) is 6.00. The number of carbonyl (C=O) groups is 1. The maximum atomic E-state index is 12.6. The lowest BCUT2D eigenvalue weighted by molar-refractivity contribution is -0.132. The molecular weight excluding hydrogens is 384 g/mol. The summed E-state index contributed by atoms with van der Waals surface area (Å²) in [5.74, 6) is 1.92. The van der Waals surface area contributed by atoms with Crippen molar-refractivity contribution in [2.24, 2.45) is 0 Å². The molecular formula is C19H30N2O6S. The molecule has 1 heterocycles. The number of rotatable bonds is 9. The van der Waals surface area contributed by atoms with E-state index in [0.29, 0.717) is 62.8 Å². The molecule has 1 aliphatic rings. The highest BCUT2D eigenvalue weighted by atomic mass is 32.2. The van der Waals surface area contributed by atoms with Crippen LogP contribution in [0.15, 0.2) is 12.1 Å². The first-order valence-corrected chi connectivity index (χ1v) is 11.3. The molecule has 0 spiro atoms. The summed E-state index contributed by atoms with van der Waals surface area (Å²) in [4.78, 5) is 16.5. The Kier molecular flexibility index (Phi) is 7.94. The zero-order valence-electron chi connectivity index (χ0n) is 17.1. The zero-order chi connectivity index (χ0) is 20.7. The molecule has 1 saturated heterocycles. The average molecular weight is 415 g/mol. The Labute approximate surface area is 167 Å². The smallest absolute Gasteiger partial charge is 0.222 e. The van der Waals surface area contributed by atoms with Gasteiger partial charge in [-0.1, -0.05) is 6.07 Å². The molecule has 0 unspecified atom stereocenters. The maximum absolute atomic E-state index is 12.6. The highest BCUT2D eigenvalue weighted by Gasteiger charge is 2.22. The van der Waals surface area contributed by atoms with Crippen molar-refractivity contribution in [1.82, 2.24) is 9.80 Å². The molecule has 2 rings (SSSR count). The number of carbonyl (C=O) groups excluding carboxylic acids is 1. The molecule has 1 amide bonds. The summed E-state index contributed by atoms with van der Waals surface area (Å²) in [6.45, 7) is 3.14. The van der Waals surface area contributed by atoms with E-state index in [4.69, 9.17) is 14.2 Å². The Morgan fingerprint density at radius 2 is 1.64 bits per heavy atom. The van der Waals surface area contributed by atoms with E-state index in [1.165, 1.54) is 6.26 Å². The summed E-state index contributed by atoms with van der Waals surface area (Å²) in [7, 11) is 1.72. The molecule has 1 fully saturated rings. The third-order valence-corrected chi connectivity index (χ3v) is 5.82. The number of aryl methyl sites for hydroxylation is 1. The minimum Gasteiger partial charge on any atom is -0.493 e. The number of piperazine rings is 1. The van der Waals surface area contributed by atoms with Gasteiger partial charge < -0.3 is 19.1 Å². The number of amides is 1. The van der Waals surface area contributed by atoms with Gasteiger partial charge in [-0.15, -0.1) is 0 Å². The Bertz CT molecular complexity index is 773. The van der Waals surface area contributed by atoms with Crippen LogP contribution in [-0.2, 0) is 21.1 Å². The monoisotopic (exact) mass is 414 g/mol. The number of sulfone groups is 1. The number of hydrogen-bond acceptors (Lipinski definition) is 7. The van der Waals surface area contributed by atoms with E-state index >= 15 is 0 Å². The SMILES string of the molecule is COc1ccc(CCC(=O)N2CCN(CCS(C)(=O)=O)CC2)c(OC)c1OC. The first-order chi connectivity index (χ1) is 13.3. The molecule has 0 aromatic heterocycles. The van der Waals surface area contributed by atoms with Gasteiger partial charge in [0.15, 0.2) is 11.5 Å². The molecule has 0 N–H and O–H groups in total. The van der Waals surface area contributed by atoms with Crippen molar-refractivity contribution < 1.29 is 27.4 Å². The molecule has 9 heteroatoms. The highest BCUT2D eigenvalue weighted by molar-refractivity contribution is 7.90. The molecule has 158 valence electrons. The van der Waals surface area contributed by atoms with Crippen LogP contribution in [0.4, 0.5) is 0 Å². The fourth-order valence-electron chi connectivity index (χ4n) is 3.28. The van der Waals surface area contributed by atoms with Gasteiger partial charge in [0.25, 0.3) is 0 Å². The van der Waals surface area contributed by atoms with Crippen LogP contribution < -0.4 is 14.2 Å². The highest BCUT2D eigenvalue weighted by Crippen LogP contribution is 2.40. The van der Waals surface area contributed by atoms with Crippen LogP contribution in [-0.4, -0.2) is 90.2 Å². The molecule has 0 bridgehead atoms. The molecule has 1 aliphatic heterocycles. The van der Waals surface area contributed by atoms with Crippen LogP contribution in [0.5, 0.6) is 17.2 Å². The fraction of sp³-hybridized carbons (Fsp3) is 0.632. The van der Waals surface area contributed by atoms with Gasteiger partial charge in [-0.05, 0) is 18.1 Å². The summed E-state index contributed by atoms with van der Waals surface area (Å²) in [5.41, 5.74) is 0.889. The first kappa shape index (κ1) is 22.3. The van der Waals surface area contributed by atoms with Gasteiger partial charge in [0.2, 0.25) is 11.7 Å². The van der Waals surface area contributed by atoms with E-state index in [9.17, 15) is 13.2 Å². The quantitative estimate of drug-likeness (QED) is 0.592. The number of ether oxygens (including phenoxy) is 3.